The van der Waals surface area contributed by atoms with Crippen LogP contribution in [0, 0.1) is 23.7 Å². The Morgan fingerprint density at radius 2 is 1.90 bits per heavy atom. The summed E-state index contributed by atoms with van der Waals surface area (Å²) in [6.45, 7) is 8.68. The molecule has 224 valence electrons. The molecule has 1 aliphatic carbocycles. The fraction of sp³-hybridized carbons (Fsp3) is 0.613. The summed E-state index contributed by atoms with van der Waals surface area (Å²) >= 11 is 0. The van der Waals surface area contributed by atoms with Gasteiger partial charge in [0.1, 0.15) is 23.4 Å². The van der Waals surface area contributed by atoms with Gasteiger partial charge in [-0.15, -0.1) is 0 Å². The normalized spacial score (nSPS) is 28.8. The molecule has 10 heteroatoms. The first kappa shape index (κ1) is 29.8. The van der Waals surface area contributed by atoms with Crippen LogP contribution in [0.1, 0.15) is 75.8 Å². The highest BCUT2D eigenvalue weighted by atomic mass is 32.2. The van der Waals surface area contributed by atoms with E-state index in [9.17, 15) is 8.42 Å². The Kier molecular flexibility index (Phi) is 9.21. The zero-order valence-electron chi connectivity index (χ0n) is 24.8. The van der Waals surface area contributed by atoms with Crippen LogP contribution in [0.25, 0.3) is 5.76 Å². The number of ether oxygens (including phenoxy) is 1. The molecule has 0 spiro atoms. The van der Waals surface area contributed by atoms with E-state index in [1.807, 2.05) is 7.05 Å². The highest BCUT2D eigenvalue weighted by Crippen LogP contribution is 2.42. The minimum Gasteiger partial charge on any atom is -0.483 e. The summed E-state index contributed by atoms with van der Waals surface area (Å²) in [5, 5.41) is 3.21. The van der Waals surface area contributed by atoms with Crippen LogP contribution in [0.2, 0.25) is 0 Å². The van der Waals surface area contributed by atoms with Crippen molar-refractivity contribution in [1.82, 2.24) is 20.0 Å². The minimum absolute atomic E-state index is 0.0275. The van der Waals surface area contributed by atoms with Crippen LogP contribution in [-0.2, 0) is 21.3 Å². The number of nitrogens with zero attached hydrogens (tertiary/aromatic N) is 3. The second kappa shape index (κ2) is 12.7. The van der Waals surface area contributed by atoms with Gasteiger partial charge in [0, 0.05) is 25.7 Å². The van der Waals surface area contributed by atoms with Crippen molar-refractivity contribution < 1.29 is 13.2 Å². The molecule has 9 nitrogen and oxygen atoms in total. The lowest BCUT2D eigenvalue weighted by atomic mass is 9.84. The Balaban J connectivity index is 1.40. The highest BCUT2D eigenvalue weighted by Gasteiger charge is 2.44. The fourth-order valence-electron chi connectivity index (χ4n) is 6.72. The summed E-state index contributed by atoms with van der Waals surface area (Å²) in [6, 6.07) is 8.65. The zero-order chi connectivity index (χ0) is 29.1. The number of sulfonamides is 1. The van der Waals surface area contributed by atoms with Gasteiger partial charge in [-0.25, -0.2) is 23.1 Å². The summed E-state index contributed by atoms with van der Waals surface area (Å²) in [4.78, 5) is 11.8. The molecule has 2 aromatic rings. The van der Waals surface area contributed by atoms with Crippen molar-refractivity contribution in [1.29, 1.82) is 0 Å². The molecule has 0 bridgehead atoms. The van der Waals surface area contributed by atoms with Crippen LogP contribution in [0.15, 0.2) is 36.5 Å². The molecule has 1 aromatic carbocycles. The van der Waals surface area contributed by atoms with Crippen molar-refractivity contribution in [2.24, 2.45) is 23.7 Å². The lowest BCUT2D eigenvalue weighted by Crippen LogP contribution is -2.40. The molecule has 0 amide bonds. The van der Waals surface area contributed by atoms with E-state index in [2.05, 4.69) is 64.1 Å². The SMILES string of the molecule is CCS(=O)(=O)NC1CCC2CN(c3cnc(N)c(C4=CCCCC(C)C(C)C(c5ccc(CNC)cc5)O4)n3)CC21. The molecule has 2 fully saturated rings. The number of nitrogens with two attached hydrogens (primary N) is 1. The molecule has 1 saturated carbocycles. The number of rotatable bonds is 8. The molecule has 3 aliphatic rings. The smallest absolute Gasteiger partial charge is 0.211 e. The van der Waals surface area contributed by atoms with Gasteiger partial charge in [-0.2, -0.15) is 0 Å². The van der Waals surface area contributed by atoms with Gasteiger partial charge < -0.3 is 20.7 Å². The average Bonchev–Trinajstić information content (AvgIpc) is 3.56. The number of fused-ring (bicyclic) bond motifs is 1. The van der Waals surface area contributed by atoms with Crippen LogP contribution < -0.4 is 20.7 Å². The standard InChI is InChI=1S/C31H46N6O3S/c1-5-41(38,39)36-26-15-14-24-18-37(19-25(24)26)28-17-34-31(32)29(35-28)27-9-7-6-8-20(2)21(3)30(40-27)23-12-10-22(11-13-23)16-33-4/h9-13,17,20-21,24-26,30,33,36H,5-8,14-16,18-19H2,1-4H3,(H2,32,34). The first-order valence-corrected chi connectivity index (χ1v) is 16.8. The van der Waals surface area contributed by atoms with E-state index in [-0.39, 0.29) is 23.8 Å². The van der Waals surface area contributed by atoms with Crippen molar-refractivity contribution in [3.63, 3.8) is 0 Å². The van der Waals surface area contributed by atoms with Crippen molar-refractivity contribution in [2.45, 2.75) is 71.6 Å². The van der Waals surface area contributed by atoms with Gasteiger partial charge in [-0.1, -0.05) is 44.5 Å². The summed E-state index contributed by atoms with van der Waals surface area (Å²) in [5.41, 5.74) is 9.41. The van der Waals surface area contributed by atoms with Gasteiger partial charge in [0.25, 0.3) is 0 Å². The summed E-state index contributed by atoms with van der Waals surface area (Å²) in [7, 11) is -1.29. The highest BCUT2D eigenvalue weighted by molar-refractivity contribution is 7.89. The van der Waals surface area contributed by atoms with E-state index in [0.717, 1.165) is 63.1 Å². The van der Waals surface area contributed by atoms with E-state index in [1.54, 1.807) is 13.1 Å². The Bertz CT molecular complexity index is 1330. The predicted octanol–water partition coefficient (Wildman–Crippen LogP) is 4.49. The molecule has 41 heavy (non-hydrogen) atoms. The maximum atomic E-state index is 12.3. The van der Waals surface area contributed by atoms with Crippen LogP contribution >= 0.6 is 0 Å². The number of nitrogens with one attached hydrogen (secondary N) is 2. The molecular formula is C31H46N6O3S. The summed E-state index contributed by atoms with van der Waals surface area (Å²) in [5.74, 6) is 3.40. The number of aromatic nitrogens is 2. The predicted molar refractivity (Wildman–Crippen MR) is 164 cm³/mol. The van der Waals surface area contributed by atoms with Gasteiger partial charge in [0.2, 0.25) is 10.0 Å². The van der Waals surface area contributed by atoms with E-state index >= 15 is 0 Å². The third-order valence-electron chi connectivity index (χ3n) is 9.42. The Morgan fingerprint density at radius 3 is 2.63 bits per heavy atom. The molecule has 1 aromatic heterocycles. The van der Waals surface area contributed by atoms with Gasteiger partial charge in [0.15, 0.2) is 5.82 Å². The topological polar surface area (TPSA) is 122 Å². The van der Waals surface area contributed by atoms with Crippen LogP contribution in [-0.4, -0.2) is 50.3 Å². The van der Waals surface area contributed by atoms with Crippen LogP contribution in [0.5, 0.6) is 0 Å². The van der Waals surface area contributed by atoms with Crippen molar-refractivity contribution in [3.05, 3.63) is 53.4 Å². The first-order valence-electron chi connectivity index (χ1n) is 15.2. The molecule has 6 atom stereocenters. The second-order valence-electron chi connectivity index (χ2n) is 12.1. The van der Waals surface area contributed by atoms with E-state index in [0.29, 0.717) is 35.0 Å². The Labute approximate surface area is 245 Å². The lowest BCUT2D eigenvalue weighted by molar-refractivity contribution is 0.0828. The summed E-state index contributed by atoms with van der Waals surface area (Å²) in [6.07, 6.45) is 8.71. The Morgan fingerprint density at radius 1 is 1.12 bits per heavy atom. The number of allylic oxidation sites excluding steroid dienone is 1. The van der Waals surface area contributed by atoms with E-state index in [4.69, 9.17) is 15.5 Å². The second-order valence-corrected chi connectivity index (χ2v) is 14.2. The number of hydrogen-bond donors (Lipinski definition) is 3. The fourth-order valence-corrected chi connectivity index (χ4v) is 7.64. The third kappa shape index (κ3) is 6.70. The molecule has 6 unspecified atom stereocenters. The average molecular weight is 583 g/mol. The number of benzene rings is 1. The largest absolute Gasteiger partial charge is 0.483 e. The molecule has 1 saturated heterocycles. The van der Waals surface area contributed by atoms with Gasteiger partial charge in [-0.3, -0.25) is 0 Å². The maximum absolute atomic E-state index is 12.3. The summed E-state index contributed by atoms with van der Waals surface area (Å²) < 4.78 is 34.3. The van der Waals surface area contributed by atoms with Gasteiger partial charge in [0.05, 0.1) is 11.9 Å². The lowest BCUT2D eigenvalue weighted by Gasteiger charge is -2.30. The molecule has 4 N–H and O–H groups in total. The minimum atomic E-state index is -3.24. The van der Waals surface area contributed by atoms with Crippen molar-refractivity contribution >= 4 is 27.4 Å². The quantitative estimate of drug-likeness (QED) is 0.416. The van der Waals surface area contributed by atoms with E-state index < -0.39 is 10.0 Å². The number of hydrogen-bond acceptors (Lipinski definition) is 8. The van der Waals surface area contributed by atoms with Gasteiger partial charge >= 0.3 is 0 Å². The maximum Gasteiger partial charge on any atom is 0.211 e. The zero-order valence-corrected chi connectivity index (χ0v) is 25.7. The number of nitrogen functional groups attached to an aromatic ring is 1. The van der Waals surface area contributed by atoms with Crippen LogP contribution in [0.4, 0.5) is 11.6 Å². The molecular weight excluding hydrogens is 536 g/mol. The Hall–Kier alpha value is -2.69. The van der Waals surface area contributed by atoms with E-state index in [1.165, 1.54) is 5.56 Å². The third-order valence-corrected chi connectivity index (χ3v) is 10.8. The van der Waals surface area contributed by atoms with Crippen LogP contribution in [0.3, 0.4) is 0 Å². The molecule has 0 radical (unpaired) electrons. The monoisotopic (exact) mass is 582 g/mol. The first-order chi connectivity index (χ1) is 19.7. The van der Waals surface area contributed by atoms with Gasteiger partial charge in [-0.05, 0) is 80.5 Å². The van der Waals surface area contributed by atoms with Crippen molar-refractivity contribution in [3.8, 4) is 0 Å². The number of anilines is 2. The molecule has 2 aliphatic heterocycles. The molecule has 3 heterocycles. The van der Waals surface area contributed by atoms with Crippen molar-refractivity contribution in [2.75, 3.05) is 36.5 Å². The molecule has 5 rings (SSSR count).